The number of amides is 1. The van der Waals surface area contributed by atoms with Gasteiger partial charge in [-0.1, -0.05) is 0 Å². The van der Waals surface area contributed by atoms with Gasteiger partial charge in [-0.05, 0) is 57.7 Å². The predicted octanol–water partition coefficient (Wildman–Crippen LogP) is 1.38. The van der Waals surface area contributed by atoms with Crippen molar-refractivity contribution in [2.75, 3.05) is 19.6 Å². The van der Waals surface area contributed by atoms with Gasteiger partial charge < -0.3 is 24.3 Å². The standard InChI is InChI=1S/C21H30N4O3/c1-21(2,3)25(20(27)28)16-9-13-24(14-10-16)12-8-15-7-11-22-17-5-6-18(26)23(4)19(15)17/h5-7,11,16H,8-10,12-14H2,1-4H3,(H,27,28)/p-1. The predicted molar refractivity (Wildman–Crippen MR) is 107 cm³/mol. The van der Waals surface area contributed by atoms with Gasteiger partial charge in [-0.25, -0.2) is 0 Å². The van der Waals surface area contributed by atoms with Crippen LogP contribution in [0.1, 0.15) is 39.2 Å². The van der Waals surface area contributed by atoms with Gasteiger partial charge in [0.1, 0.15) is 6.09 Å². The van der Waals surface area contributed by atoms with Crippen molar-refractivity contribution < 1.29 is 9.90 Å². The fraction of sp³-hybridized carbons (Fsp3) is 0.571. The number of carboxylic acid groups (broad SMARTS) is 1. The zero-order chi connectivity index (χ0) is 20.5. The summed E-state index contributed by atoms with van der Waals surface area (Å²) in [6, 6.07) is 5.30. The van der Waals surface area contributed by atoms with E-state index in [9.17, 15) is 14.7 Å². The molecule has 0 radical (unpaired) electrons. The molecule has 7 heteroatoms. The lowest BCUT2D eigenvalue weighted by Gasteiger charge is -2.47. The van der Waals surface area contributed by atoms with Crippen LogP contribution in [0.5, 0.6) is 0 Å². The van der Waals surface area contributed by atoms with E-state index in [0.717, 1.165) is 55.5 Å². The van der Waals surface area contributed by atoms with Crippen molar-refractivity contribution in [3.05, 3.63) is 40.3 Å². The molecular weight excluding hydrogens is 356 g/mol. The number of nitrogens with zero attached hydrogens (tertiary/aromatic N) is 4. The first-order valence-corrected chi connectivity index (χ1v) is 9.85. The molecule has 7 nitrogen and oxygen atoms in total. The average molecular weight is 385 g/mol. The van der Waals surface area contributed by atoms with E-state index < -0.39 is 11.6 Å². The number of aryl methyl sites for hydroxylation is 1. The third-order valence-corrected chi connectivity index (χ3v) is 5.62. The lowest BCUT2D eigenvalue weighted by atomic mass is 9.96. The zero-order valence-electron chi connectivity index (χ0n) is 17.1. The molecule has 0 unspecified atom stereocenters. The maximum Gasteiger partial charge on any atom is 0.250 e. The van der Waals surface area contributed by atoms with E-state index in [0.29, 0.717) is 0 Å². The lowest BCUT2D eigenvalue weighted by Crippen LogP contribution is -2.58. The number of pyridine rings is 2. The molecule has 1 saturated heterocycles. The zero-order valence-corrected chi connectivity index (χ0v) is 17.1. The van der Waals surface area contributed by atoms with Gasteiger partial charge >= 0.3 is 0 Å². The van der Waals surface area contributed by atoms with Crippen LogP contribution >= 0.6 is 0 Å². The minimum atomic E-state index is -1.09. The summed E-state index contributed by atoms with van der Waals surface area (Å²) in [5.74, 6) is 0. The molecule has 0 aliphatic carbocycles. The van der Waals surface area contributed by atoms with Gasteiger partial charge in [0.15, 0.2) is 0 Å². The average Bonchev–Trinajstić information content (AvgIpc) is 2.62. The number of fused-ring (bicyclic) bond motifs is 1. The van der Waals surface area contributed by atoms with Crippen molar-refractivity contribution in [3.63, 3.8) is 0 Å². The van der Waals surface area contributed by atoms with Crippen LogP contribution in [0.2, 0.25) is 0 Å². The van der Waals surface area contributed by atoms with Crippen LogP contribution in [0.15, 0.2) is 29.2 Å². The number of piperidine rings is 1. The largest absolute Gasteiger partial charge is 0.530 e. The fourth-order valence-corrected chi connectivity index (χ4v) is 4.25. The van der Waals surface area contributed by atoms with Gasteiger partial charge in [-0.3, -0.25) is 9.78 Å². The van der Waals surface area contributed by atoms with Crippen LogP contribution in [0.25, 0.3) is 11.0 Å². The summed E-state index contributed by atoms with van der Waals surface area (Å²) in [5.41, 5.74) is 2.34. The van der Waals surface area contributed by atoms with Gasteiger partial charge in [0, 0.05) is 50.5 Å². The molecule has 0 bridgehead atoms. The molecule has 0 aromatic carbocycles. The first-order chi connectivity index (χ1) is 13.2. The van der Waals surface area contributed by atoms with E-state index in [-0.39, 0.29) is 11.6 Å². The highest BCUT2D eigenvalue weighted by Crippen LogP contribution is 2.24. The Kier molecular flexibility index (Phi) is 5.74. The highest BCUT2D eigenvalue weighted by Gasteiger charge is 2.31. The van der Waals surface area contributed by atoms with Crippen molar-refractivity contribution in [1.29, 1.82) is 0 Å². The molecule has 1 aliphatic rings. The Morgan fingerprint density at radius 3 is 2.54 bits per heavy atom. The number of rotatable bonds is 4. The molecule has 1 aliphatic heterocycles. The Bertz CT molecular complexity index is 908. The van der Waals surface area contributed by atoms with Crippen LogP contribution in [-0.4, -0.2) is 56.7 Å². The normalized spacial score (nSPS) is 16.4. The molecule has 0 saturated carbocycles. The molecule has 3 rings (SSSR count). The van der Waals surface area contributed by atoms with E-state index in [1.807, 2.05) is 26.8 Å². The summed E-state index contributed by atoms with van der Waals surface area (Å²) in [5, 5.41) is 11.6. The molecule has 3 heterocycles. The van der Waals surface area contributed by atoms with Crippen molar-refractivity contribution >= 4 is 17.1 Å². The van der Waals surface area contributed by atoms with E-state index in [2.05, 4.69) is 9.88 Å². The van der Waals surface area contributed by atoms with E-state index >= 15 is 0 Å². The molecule has 2 aromatic rings. The number of hydrogen-bond acceptors (Lipinski definition) is 5. The molecule has 28 heavy (non-hydrogen) atoms. The van der Waals surface area contributed by atoms with Gasteiger partial charge in [0.2, 0.25) is 0 Å². The van der Waals surface area contributed by atoms with Crippen LogP contribution in [0.4, 0.5) is 4.79 Å². The number of likely N-dealkylation sites (tertiary alicyclic amines) is 1. The molecule has 0 N–H and O–H groups in total. The molecule has 152 valence electrons. The number of hydrogen-bond donors (Lipinski definition) is 0. The van der Waals surface area contributed by atoms with E-state index in [1.54, 1.807) is 29.9 Å². The Labute approximate surface area is 165 Å². The van der Waals surface area contributed by atoms with Crippen LogP contribution < -0.4 is 10.7 Å². The summed E-state index contributed by atoms with van der Waals surface area (Å²) in [6.45, 7) is 8.31. The summed E-state index contributed by atoms with van der Waals surface area (Å²) >= 11 is 0. The highest BCUT2D eigenvalue weighted by atomic mass is 16.4. The van der Waals surface area contributed by atoms with Crippen molar-refractivity contribution in [1.82, 2.24) is 19.4 Å². The smallest absolute Gasteiger partial charge is 0.250 e. The Hall–Kier alpha value is -2.41. The SMILES string of the molecule is Cn1c(=O)ccc2nccc(CCN3CCC(N(C(=O)[O-])C(C)(C)C)CC3)c21. The first-order valence-electron chi connectivity index (χ1n) is 9.85. The maximum atomic E-state index is 12.0. The van der Waals surface area contributed by atoms with E-state index in [1.165, 1.54) is 4.90 Å². The third-order valence-electron chi connectivity index (χ3n) is 5.62. The van der Waals surface area contributed by atoms with Crippen LogP contribution in [0.3, 0.4) is 0 Å². The van der Waals surface area contributed by atoms with Gasteiger partial charge in [0.05, 0.1) is 11.0 Å². The summed E-state index contributed by atoms with van der Waals surface area (Å²) in [7, 11) is 1.78. The number of aromatic nitrogens is 2. The van der Waals surface area contributed by atoms with Crippen molar-refractivity contribution in [2.24, 2.45) is 7.05 Å². The summed E-state index contributed by atoms with van der Waals surface area (Å²) in [6.07, 6.45) is 3.14. The highest BCUT2D eigenvalue weighted by molar-refractivity contribution is 5.78. The summed E-state index contributed by atoms with van der Waals surface area (Å²) in [4.78, 5) is 31.8. The first kappa shape index (κ1) is 20.3. The number of carbonyl (C=O) groups is 1. The van der Waals surface area contributed by atoms with E-state index in [4.69, 9.17) is 0 Å². The van der Waals surface area contributed by atoms with Gasteiger partial charge in [0.25, 0.3) is 5.56 Å². The fourth-order valence-electron chi connectivity index (χ4n) is 4.25. The Morgan fingerprint density at radius 1 is 1.25 bits per heavy atom. The third kappa shape index (κ3) is 4.19. The van der Waals surface area contributed by atoms with Crippen molar-refractivity contribution in [2.45, 2.75) is 51.6 Å². The second-order valence-electron chi connectivity index (χ2n) is 8.56. The second-order valence-corrected chi connectivity index (χ2v) is 8.56. The second kappa shape index (κ2) is 7.91. The number of carbonyl (C=O) groups excluding carboxylic acids is 1. The maximum absolute atomic E-state index is 12.0. The topological polar surface area (TPSA) is 81.5 Å². The Morgan fingerprint density at radius 2 is 1.93 bits per heavy atom. The molecule has 0 spiro atoms. The minimum absolute atomic E-state index is 0.00354. The van der Waals surface area contributed by atoms with Crippen molar-refractivity contribution in [3.8, 4) is 0 Å². The molecule has 2 aromatic heterocycles. The quantitative estimate of drug-likeness (QED) is 0.794. The minimum Gasteiger partial charge on any atom is -0.530 e. The van der Waals surface area contributed by atoms with Gasteiger partial charge in [-0.2, -0.15) is 0 Å². The monoisotopic (exact) mass is 385 g/mol. The van der Waals surface area contributed by atoms with Crippen LogP contribution in [-0.2, 0) is 13.5 Å². The van der Waals surface area contributed by atoms with Crippen LogP contribution in [0, 0.1) is 0 Å². The molecular formula is C21H29N4O3-. The molecule has 1 amide bonds. The summed E-state index contributed by atoms with van der Waals surface area (Å²) < 4.78 is 1.66. The lowest BCUT2D eigenvalue weighted by molar-refractivity contribution is -0.274. The molecule has 1 fully saturated rings. The Balaban J connectivity index is 1.65. The molecule has 0 atom stereocenters. The van der Waals surface area contributed by atoms with Gasteiger partial charge in [-0.15, -0.1) is 0 Å².